The molecular formula is C14H12Cl2N2O4S. The maximum absolute atomic E-state index is 11.5. The Morgan fingerprint density at radius 2 is 1.78 bits per heavy atom. The molecule has 0 radical (unpaired) electrons. The Bertz CT molecular complexity index is 836. The van der Waals surface area contributed by atoms with Crippen LogP contribution in [0.4, 0.5) is 5.69 Å². The fraction of sp³-hybridized carbons (Fsp3) is 0.0714. The summed E-state index contributed by atoms with van der Waals surface area (Å²) in [4.78, 5) is 3.42. The van der Waals surface area contributed by atoms with Gasteiger partial charge in [-0.05, 0) is 36.4 Å². The number of alkyl halides is 1. The van der Waals surface area contributed by atoms with E-state index in [9.17, 15) is 13.0 Å². The maximum atomic E-state index is 11.5. The van der Waals surface area contributed by atoms with Crippen molar-refractivity contribution in [2.45, 2.75) is 4.90 Å². The van der Waals surface area contributed by atoms with Gasteiger partial charge in [-0.1, -0.05) is 11.6 Å². The zero-order valence-corrected chi connectivity index (χ0v) is 13.9. The molecule has 23 heavy (non-hydrogen) atoms. The fourth-order valence-electron chi connectivity index (χ4n) is 1.68. The fourth-order valence-corrected chi connectivity index (χ4v) is 2.51. The molecule has 0 amide bonds. The van der Waals surface area contributed by atoms with Crippen LogP contribution in [0.25, 0.3) is 0 Å². The Kier molecular flexibility index (Phi) is 5.48. The summed E-state index contributed by atoms with van der Waals surface area (Å²) in [7, 11) is -4.52. The standard InChI is InChI=1S/C14H12Cl2N2O4S/c15-8-14(17)18-12-6-5-11(7-13(12)23(19,20)21)22-10-3-1-9(16)2-4-10/h1-7H,8H2,(H2,17,18)(H,19,20,21). The van der Waals surface area contributed by atoms with E-state index in [0.717, 1.165) is 6.07 Å². The molecule has 3 N–H and O–H groups in total. The number of amidine groups is 1. The molecular weight excluding hydrogens is 363 g/mol. The molecule has 0 atom stereocenters. The van der Waals surface area contributed by atoms with E-state index in [4.69, 9.17) is 33.7 Å². The minimum absolute atomic E-state index is 0.0166. The van der Waals surface area contributed by atoms with Crippen LogP contribution in [-0.2, 0) is 10.1 Å². The molecule has 0 saturated heterocycles. The first-order valence-electron chi connectivity index (χ1n) is 6.23. The monoisotopic (exact) mass is 374 g/mol. The van der Waals surface area contributed by atoms with Gasteiger partial charge in [0.25, 0.3) is 10.1 Å². The zero-order valence-electron chi connectivity index (χ0n) is 11.6. The summed E-state index contributed by atoms with van der Waals surface area (Å²) in [6.45, 7) is 0. The van der Waals surface area contributed by atoms with Crippen LogP contribution >= 0.6 is 23.2 Å². The third kappa shape index (κ3) is 4.84. The molecule has 0 aromatic heterocycles. The topological polar surface area (TPSA) is 102 Å². The summed E-state index contributed by atoms with van der Waals surface area (Å²) >= 11 is 11.3. The molecule has 0 aliphatic heterocycles. The molecule has 9 heteroatoms. The number of aliphatic imine (C=N–C) groups is 1. The number of nitrogens with zero attached hydrogens (tertiary/aromatic N) is 1. The lowest BCUT2D eigenvalue weighted by molar-refractivity contribution is 0.472. The number of hydrogen-bond donors (Lipinski definition) is 2. The van der Waals surface area contributed by atoms with E-state index < -0.39 is 15.0 Å². The Morgan fingerprint density at radius 3 is 2.35 bits per heavy atom. The van der Waals surface area contributed by atoms with E-state index in [1.165, 1.54) is 12.1 Å². The predicted octanol–water partition coefficient (Wildman–Crippen LogP) is 3.61. The van der Waals surface area contributed by atoms with Crippen molar-refractivity contribution in [1.29, 1.82) is 0 Å². The van der Waals surface area contributed by atoms with Crippen LogP contribution in [0.2, 0.25) is 5.02 Å². The highest BCUT2D eigenvalue weighted by Crippen LogP contribution is 2.31. The van der Waals surface area contributed by atoms with E-state index in [1.54, 1.807) is 24.3 Å². The van der Waals surface area contributed by atoms with Crippen molar-refractivity contribution in [3.8, 4) is 11.5 Å². The summed E-state index contributed by atoms with van der Waals surface area (Å²) in [6.07, 6.45) is 0. The number of rotatable bonds is 5. The minimum Gasteiger partial charge on any atom is -0.457 e. The zero-order chi connectivity index (χ0) is 17.0. The van der Waals surface area contributed by atoms with Crippen molar-refractivity contribution >= 4 is 44.8 Å². The largest absolute Gasteiger partial charge is 0.457 e. The second kappa shape index (κ2) is 7.18. The van der Waals surface area contributed by atoms with Gasteiger partial charge in [0, 0.05) is 11.1 Å². The van der Waals surface area contributed by atoms with Gasteiger partial charge in [-0.15, -0.1) is 11.6 Å². The third-order valence-electron chi connectivity index (χ3n) is 2.66. The number of hydrogen-bond acceptors (Lipinski definition) is 4. The van der Waals surface area contributed by atoms with Gasteiger partial charge in [0.05, 0.1) is 11.6 Å². The second-order valence-electron chi connectivity index (χ2n) is 4.40. The normalized spacial score (nSPS) is 12.2. The second-order valence-corrected chi connectivity index (χ2v) is 6.49. The van der Waals surface area contributed by atoms with Gasteiger partial charge in [-0.3, -0.25) is 4.55 Å². The lowest BCUT2D eigenvalue weighted by Crippen LogP contribution is -2.12. The lowest BCUT2D eigenvalue weighted by atomic mass is 10.3. The van der Waals surface area contributed by atoms with E-state index in [-0.39, 0.29) is 23.2 Å². The molecule has 6 nitrogen and oxygen atoms in total. The number of benzene rings is 2. The third-order valence-corrected chi connectivity index (χ3v) is 4.07. The number of halogens is 2. The minimum atomic E-state index is -4.52. The molecule has 0 heterocycles. The highest BCUT2D eigenvalue weighted by molar-refractivity contribution is 7.86. The molecule has 0 bridgehead atoms. The van der Waals surface area contributed by atoms with Crippen LogP contribution in [-0.4, -0.2) is 24.7 Å². The Hall–Kier alpha value is -1.80. The first kappa shape index (κ1) is 17.6. The van der Waals surface area contributed by atoms with Gasteiger partial charge in [0.2, 0.25) is 0 Å². The van der Waals surface area contributed by atoms with Crippen LogP contribution in [0.5, 0.6) is 11.5 Å². The molecule has 2 aromatic carbocycles. The molecule has 0 aliphatic rings. The van der Waals surface area contributed by atoms with E-state index >= 15 is 0 Å². The van der Waals surface area contributed by atoms with Crippen LogP contribution in [0, 0.1) is 0 Å². The van der Waals surface area contributed by atoms with Crippen LogP contribution < -0.4 is 10.5 Å². The Balaban J connectivity index is 2.42. The van der Waals surface area contributed by atoms with Crippen LogP contribution in [0.1, 0.15) is 0 Å². The van der Waals surface area contributed by atoms with Gasteiger partial charge in [-0.25, -0.2) is 4.99 Å². The molecule has 0 saturated carbocycles. The number of ether oxygens (including phenoxy) is 1. The molecule has 2 rings (SSSR count). The summed E-state index contributed by atoms with van der Waals surface area (Å²) in [6, 6.07) is 10.5. The van der Waals surface area contributed by atoms with Crippen LogP contribution in [0.3, 0.4) is 0 Å². The Labute approximate surface area is 143 Å². The molecule has 0 unspecified atom stereocenters. The van der Waals surface area contributed by atoms with Crippen molar-refractivity contribution in [3.05, 3.63) is 47.5 Å². The van der Waals surface area contributed by atoms with Gasteiger partial charge in [-0.2, -0.15) is 8.42 Å². The first-order chi connectivity index (χ1) is 10.8. The summed E-state index contributed by atoms with van der Waals surface area (Å²) in [5, 5.41) is 0.539. The Morgan fingerprint density at radius 1 is 1.17 bits per heavy atom. The van der Waals surface area contributed by atoms with Crippen molar-refractivity contribution in [3.63, 3.8) is 0 Å². The molecule has 0 spiro atoms. The lowest BCUT2D eigenvalue weighted by Gasteiger charge is -2.09. The van der Waals surface area contributed by atoms with E-state index in [2.05, 4.69) is 4.99 Å². The van der Waals surface area contributed by atoms with Gasteiger partial charge in [0.15, 0.2) is 0 Å². The van der Waals surface area contributed by atoms with Gasteiger partial charge >= 0.3 is 0 Å². The smallest absolute Gasteiger partial charge is 0.296 e. The highest BCUT2D eigenvalue weighted by atomic mass is 35.5. The van der Waals surface area contributed by atoms with Crippen LogP contribution in [0.15, 0.2) is 52.4 Å². The quantitative estimate of drug-likeness (QED) is 0.360. The summed E-state index contributed by atoms with van der Waals surface area (Å²) in [5.74, 6) is 0.590. The molecule has 0 fully saturated rings. The van der Waals surface area contributed by atoms with Gasteiger partial charge in [0.1, 0.15) is 22.2 Å². The van der Waals surface area contributed by atoms with E-state index in [1.807, 2.05) is 0 Å². The average Bonchev–Trinajstić information content (AvgIpc) is 2.50. The first-order valence-corrected chi connectivity index (χ1v) is 8.59. The number of nitrogens with two attached hydrogens (primary N) is 1. The van der Waals surface area contributed by atoms with Crippen molar-refractivity contribution in [1.82, 2.24) is 0 Å². The highest BCUT2D eigenvalue weighted by Gasteiger charge is 2.17. The summed E-state index contributed by atoms with van der Waals surface area (Å²) < 4.78 is 37.9. The van der Waals surface area contributed by atoms with Crippen molar-refractivity contribution in [2.75, 3.05) is 5.88 Å². The maximum Gasteiger partial charge on any atom is 0.296 e. The summed E-state index contributed by atoms with van der Waals surface area (Å²) in [5.41, 5.74) is 5.46. The SMILES string of the molecule is NC(CCl)=Nc1ccc(Oc2ccc(Cl)cc2)cc1S(=O)(=O)O. The van der Waals surface area contributed by atoms with Crippen molar-refractivity contribution in [2.24, 2.45) is 10.7 Å². The van der Waals surface area contributed by atoms with E-state index in [0.29, 0.717) is 10.8 Å². The average molecular weight is 375 g/mol. The molecule has 122 valence electrons. The van der Waals surface area contributed by atoms with Crippen molar-refractivity contribution < 1.29 is 17.7 Å². The molecule has 0 aliphatic carbocycles. The molecule has 2 aromatic rings. The predicted molar refractivity (Wildman–Crippen MR) is 89.8 cm³/mol. The van der Waals surface area contributed by atoms with Gasteiger partial charge < -0.3 is 10.5 Å².